The minimum absolute atomic E-state index is 0.167. The molecule has 0 amide bonds. The van der Waals surface area contributed by atoms with Gasteiger partial charge in [-0.1, -0.05) is 44.0 Å². The van der Waals surface area contributed by atoms with Crippen LogP contribution in [-0.4, -0.2) is 11.1 Å². The minimum Gasteiger partial charge on any atom is -0.478 e. The molecule has 1 rings (SSSR count). The summed E-state index contributed by atoms with van der Waals surface area (Å²) in [6.07, 6.45) is 0. The van der Waals surface area contributed by atoms with Crippen molar-refractivity contribution in [3.05, 3.63) is 33.3 Å². The van der Waals surface area contributed by atoms with Crippen molar-refractivity contribution in [3.63, 3.8) is 0 Å². The zero-order valence-electron chi connectivity index (χ0n) is 8.77. The fraction of sp³-hybridized carbons (Fsp3) is 0.364. The molecule has 0 aromatic heterocycles. The van der Waals surface area contributed by atoms with Crippen molar-refractivity contribution >= 4 is 29.2 Å². The van der Waals surface area contributed by atoms with Gasteiger partial charge in [-0.2, -0.15) is 0 Å². The van der Waals surface area contributed by atoms with E-state index in [0.717, 1.165) is 0 Å². The number of halogens is 2. The summed E-state index contributed by atoms with van der Waals surface area (Å²) in [7, 11) is 0. The Kier molecular flexibility index (Phi) is 3.31. The molecule has 0 aliphatic rings. The van der Waals surface area contributed by atoms with Crippen LogP contribution in [0.25, 0.3) is 0 Å². The van der Waals surface area contributed by atoms with Crippen LogP contribution in [0.2, 0.25) is 10.0 Å². The van der Waals surface area contributed by atoms with Crippen molar-refractivity contribution in [2.24, 2.45) is 0 Å². The molecular weight excluding hydrogens is 235 g/mol. The molecule has 0 heterocycles. The van der Waals surface area contributed by atoms with E-state index < -0.39 is 5.97 Å². The summed E-state index contributed by atoms with van der Waals surface area (Å²) in [5.74, 6) is -1.01. The molecule has 0 aliphatic carbocycles. The molecule has 0 unspecified atom stereocenters. The number of carbonyl (C=O) groups is 1. The van der Waals surface area contributed by atoms with Crippen LogP contribution in [0.1, 0.15) is 36.7 Å². The SMILES string of the molecule is CC(C)(C)c1c(Cl)cc(Cl)cc1C(=O)O. The molecule has 0 radical (unpaired) electrons. The van der Waals surface area contributed by atoms with Crippen LogP contribution >= 0.6 is 23.2 Å². The standard InChI is InChI=1S/C11H12Cl2O2/c1-11(2,3)9-7(10(14)15)4-6(12)5-8(9)13/h4-5H,1-3H3,(H,14,15). The Bertz CT molecular complexity index is 406. The number of benzene rings is 1. The summed E-state index contributed by atoms with van der Waals surface area (Å²) in [6, 6.07) is 2.99. The van der Waals surface area contributed by atoms with Crippen molar-refractivity contribution < 1.29 is 9.90 Å². The zero-order chi connectivity index (χ0) is 11.8. The third-order valence-electron chi connectivity index (χ3n) is 2.04. The Morgan fingerprint density at radius 1 is 1.27 bits per heavy atom. The third kappa shape index (κ3) is 2.64. The Hall–Kier alpha value is -0.730. The predicted molar refractivity (Wildman–Crippen MR) is 62.1 cm³/mol. The molecule has 0 spiro atoms. The van der Waals surface area contributed by atoms with Crippen LogP contribution in [0.4, 0.5) is 0 Å². The average molecular weight is 247 g/mol. The van der Waals surface area contributed by atoms with Crippen LogP contribution in [0.3, 0.4) is 0 Å². The average Bonchev–Trinajstić information content (AvgIpc) is 1.99. The minimum atomic E-state index is -1.01. The van der Waals surface area contributed by atoms with Gasteiger partial charge in [-0.05, 0) is 23.1 Å². The first-order valence-electron chi connectivity index (χ1n) is 4.46. The number of aromatic carboxylic acids is 1. The maximum absolute atomic E-state index is 11.1. The molecule has 2 nitrogen and oxygen atoms in total. The number of carboxylic acids is 1. The molecule has 1 N–H and O–H groups in total. The molecule has 4 heteroatoms. The Morgan fingerprint density at radius 2 is 1.80 bits per heavy atom. The molecule has 0 aliphatic heterocycles. The lowest BCUT2D eigenvalue weighted by Crippen LogP contribution is -2.17. The Labute approximate surface area is 98.8 Å². The largest absolute Gasteiger partial charge is 0.478 e. The summed E-state index contributed by atoms with van der Waals surface area (Å²) < 4.78 is 0. The molecule has 15 heavy (non-hydrogen) atoms. The lowest BCUT2D eigenvalue weighted by molar-refractivity contribution is 0.0694. The van der Waals surface area contributed by atoms with Crippen molar-refractivity contribution in [1.82, 2.24) is 0 Å². The van der Waals surface area contributed by atoms with Gasteiger partial charge in [0.05, 0.1) is 5.56 Å². The van der Waals surface area contributed by atoms with Gasteiger partial charge in [-0.15, -0.1) is 0 Å². The van der Waals surface area contributed by atoms with Gasteiger partial charge in [0.15, 0.2) is 0 Å². The zero-order valence-corrected chi connectivity index (χ0v) is 10.3. The van der Waals surface area contributed by atoms with Crippen LogP contribution < -0.4 is 0 Å². The molecule has 0 fully saturated rings. The Balaban J connectivity index is 3.55. The first-order chi connectivity index (χ1) is 6.73. The first-order valence-corrected chi connectivity index (χ1v) is 5.22. The van der Waals surface area contributed by atoms with E-state index in [1.54, 1.807) is 6.07 Å². The van der Waals surface area contributed by atoms with Crippen LogP contribution in [0.5, 0.6) is 0 Å². The fourth-order valence-electron chi connectivity index (χ4n) is 1.50. The highest BCUT2D eigenvalue weighted by Crippen LogP contribution is 2.34. The highest BCUT2D eigenvalue weighted by molar-refractivity contribution is 6.35. The van der Waals surface area contributed by atoms with E-state index in [-0.39, 0.29) is 11.0 Å². The van der Waals surface area contributed by atoms with Gasteiger partial charge >= 0.3 is 5.97 Å². The smallest absolute Gasteiger partial charge is 0.336 e. The van der Waals surface area contributed by atoms with Crippen molar-refractivity contribution in [1.29, 1.82) is 0 Å². The molecule has 0 bridgehead atoms. The normalized spacial score (nSPS) is 11.5. The van der Waals surface area contributed by atoms with Crippen LogP contribution in [-0.2, 0) is 5.41 Å². The summed E-state index contributed by atoms with van der Waals surface area (Å²) >= 11 is 11.8. The monoisotopic (exact) mass is 246 g/mol. The second-order valence-electron chi connectivity index (χ2n) is 4.37. The summed E-state index contributed by atoms with van der Waals surface area (Å²) in [5.41, 5.74) is 0.455. The van der Waals surface area contributed by atoms with E-state index in [1.807, 2.05) is 20.8 Å². The van der Waals surface area contributed by atoms with Gasteiger partial charge in [0, 0.05) is 10.0 Å². The van der Waals surface area contributed by atoms with Gasteiger partial charge in [-0.3, -0.25) is 0 Å². The lowest BCUT2D eigenvalue weighted by atomic mass is 9.83. The van der Waals surface area contributed by atoms with E-state index in [4.69, 9.17) is 28.3 Å². The van der Waals surface area contributed by atoms with E-state index in [1.165, 1.54) is 6.07 Å². The molecule has 0 saturated carbocycles. The second-order valence-corrected chi connectivity index (χ2v) is 5.21. The van der Waals surface area contributed by atoms with Gasteiger partial charge in [0.25, 0.3) is 0 Å². The number of rotatable bonds is 1. The number of hydrogen-bond acceptors (Lipinski definition) is 1. The van der Waals surface area contributed by atoms with E-state index in [0.29, 0.717) is 15.6 Å². The third-order valence-corrected chi connectivity index (χ3v) is 2.55. The molecule has 0 atom stereocenters. The van der Waals surface area contributed by atoms with Crippen molar-refractivity contribution in [2.45, 2.75) is 26.2 Å². The van der Waals surface area contributed by atoms with E-state index >= 15 is 0 Å². The maximum Gasteiger partial charge on any atom is 0.336 e. The highest BCUT2D eigenvalue weighted by Gasteiger charge is 2.25. The number of carboxylic acid groups (broad SMARTS) is 1. The highest BCUT2D eigenvalue weighted by atomic mass is 35.5. The van der Waals surface area contributed by atoms with E-state index in [9.17, 15) is 4.79 Å². The van der Waals surface area contributed by atoms with Crippen LogP contribution in [0.15, 0.2) is 12.1 Å². The molecule has 0 saturated heterocycles. The molecule has 1 aromatic rings. The van der Waals surface area contributed by atoms with E-state index in [2.05, 4.69) is 0 Å². The first kappa shape index (κ1) is 12.3. The maximum atomic E-state index is 11.1. The number of hydrogen-bond donors (Lipinski definition) is 1. The lowest BCUT2D eigenvalue weighted by Gasteiger charge is -2.23. The van der Waals surface area contributed by atoms with Crippen LogP contribution in [0, 0.1) is 0 Å². The summed E-state index contributed by atoms with van der Waals surface area (Å²) in [5, 5.41) is 9.79. The molecule has 82 valence electrons. The summed E-state index contributed by atoms with van der Waals surface area (Å²) in [6.45, 7) is 5.73. The molecular formula is C11H12Cl2O2. The fourth-order valence-corrected chi connectivity index (χ4v) is 2.28. The van der Waals surface area contributed by atoms with Gasteiger partial charge in [-0.25, -0.2) is 4.79 Å². The van der Waals surface area contributed by atoms with Gasteiger partial charge in [0.2, 0.25) is 0 Å². The molecule has 1 aromatic carbocycles. The quantitative estimate of drug-likeness (QED) is 0.814. The Morgan fingerprint density at radius 3 is 2.20 bits per heavy atom. The van der Waals surface area contributed by atoms with Crippen molar-refractivity contribution in [2.75, 3.05) is 0 Å². The van der Waals surface area contributed by atoms with Gasteiger partial charge in [0.1, 0.15) is 0 Å². The van der Waals surface area contributed by atoms with Crippen molar-refractivity contribution in [3.8, 4) is 0 Å². The second kappa shape index (κ2) is 4.03. The van der Waals surface area contributed by atoms with Gasteiger partial charge < -0.3 is 5.11 Å². The predicted octanol–water partition coefficient (Wildman–Crippen LogP) is 3.99. The summed E-state index contributed by atoms with van der Waals surface area (Å²) in [4.78, 5) is 11.1. The topological polar surface area (TPSA) is 37.3 Å².